The minimum atomic E-state index is -0.292. The van der Waals surface area contributed by atoms with Crippen molar-refractivity contribution in [1.29, 1.82) is 0 Å². The van der Waals surface area contributed by atoms with Gasteiger partial charge in [-0.3, -0.25) is 0 Å². The minimum absolute atomic E-state index is 0.275. The number of nitrogens with one attached hydrogen (secondary N) is 1. The predicted molar refractivity (Wildman–Crippen MR) is 84.1 cm³/mol. The first-order valence-electron chi connectivity index (χ1n) is 7.20. The number of esters is 1. The molecule has 21 heavy (non-hydrogen) atoms. The van der Waals surface area contributed by atoms with Crippen LogP contribution in [0.1, 0.15) is 40.9 Å². The average Bonchev–Trinajstić information content (AvgIpc) is 2.56. The molecule has 3 heteroatoms. The van der Waals surface area contributed by atoms with Gasteiger partial charge in [0.25, 0.3) is 0 Å². The summed E-state index contributed by atoms with van der Waals surface area (Å²) >= 11 is 0. The van der Waals surface area contributed by atoms with Gasteiger partial charge in [0, 0.05) is 12.6 Å². The van der Waals surface area contributed by atoms with E-state index in [0.29, 0.717) is 12.1 Å². The molecule has 0 aliphatic carbocycles. The van der Waals surface area contributed by atoms with Crippen molar-refractivity contribution in [2.75, 3.05) is 7.11 Å². The molecule has 0 spiro atoms. The van der Waals surface area contributed by atoms with E-state index >= 15 is 0 Å². The van der Waals surface area contributed by atoms with Crippen LogP contribution in [-0.2, 0) is 11.3 Å². The highest BCUT2D eigenvalue weighted by Gasteiger charge is 2.13. The Hall–Kier alpha value is -2.13. The van der Waals surface area contributed by atoms with Crippen molar-refractivity contribution in [1.82, 2.24) is 5.32 Å². The fourth-order valence-electron chi connectivity index (χ4n) is 2.40. The Bertz CT molecular complexity index is 581. The normalized spacial score (nSPS) is 11.9. The number of carbonyl (C=O) groups is 1. The SMILES string of the molecule is CCC(NCc1ccccc1C(=O)OC)c1ccccc1. The summed E-state index contributed by atoms with van der Waals surface area (Å²) in [4.78, 5) is 11.8. The van der Waals surface area contributed by atoms with Gasteiger partial charge in [-0.05, 0) is 23.6 Å². The van der Waals surface area contributed by atoms with Crippen LogP contribution >= 0.6 is 0 Å². The molecule has 0 saturated carbocycles. The van der Waals surface area contributed by atoms with Crippen LogP contribution in [0.3, 0.4) is 0 Å². The van der Waals surface area contributed by atoms with E-state index in [0.717, 1.165) is 12.0 Å². The molecule has 2 aromatic rings. The van der Waals surface area contributed by atoms with Gasteiger partial charge in [0.2, 0.25) is 0 Å². The maximum absolute atomic E-state index is 11.8. The quantitative estimate of drug-likeness (QED) is 0.821. The molecule has 1 atom stereocenters. The van der Waals surface area contributed by atoms with Crippen molar-refractivity contribution in [3.8, 4) is 0 Å². The maximum atomic E-state index is 11.8. The van der Waals surface area contributed by atoms with Gasteiger partial charge in [-0.2, -0.15) is 0 Å². The second kappa shape index (κ2) is 7.60. The zero-order valence-corrected chi connectivity index (χ0v) is 12.5. The van der Waals surface area contributed by atoms with Gasteiger partial charge in [0.1, 0.15) is 0 Å². The molecule has 0 aromatic heterocycles. The summed E-state index contributed by atoms with van der Waals surface area (Å²) in [5.41, 5.74) is 2.84. The number of hydrogen-bond donors (Lipinski definition) is 1. The second-order valence-electron chi connectivity index (χ2n) is 4.90. The molecule has 3 nitrogen and oxygen atoms in total. The van der Waals surface area contributed by atoms with Crippen molar-refractivity contribution < 1.29 is 9.53 Å². The fraction of sp³-hybridized carbons (Fsp3) is 0.278. The Morgan fingerprint density at radius 1 is 1.10 bits per heavy atom. The van der Waals surface area contributed by atoms with E-state index in [9.17, 15) is 4.79 Å². The lowest BCUT2D eigenvalue weighted by Crippen LogP contribution is -2.21. The van der Waals surface area contributed by atoms with Crippen LogP contribution in [-0.4, -0.2) is 13.1 Å². The van der Waals surface area contributed by atoms with Crippen LogP contribution in [0.5, 0.6) is 0 Å². The molecule has 0 aliphatic rings. The summed E-state index contributed by atoms with van der Waals surface area (Å²) in [6.07, 6.45) is 0.990. The lowest BCUT2D eigenvalue weighted by atomic mass is 10.0. The first kappa shape index (κ1) is 15.3. The summed E-state index contributed by atoms with van der Waals surface area (Å²) in [6, 6.07) is 18.2. The molecule has 1 unspecified atom stereocenters. The highest BCUT2D eigenvalue weighted by Crippen LogP contribution is 2.18. The van der Waals surface area contributed by atoms with Crippen LogP contribution in [0.4, 0.5) is 0 Å². The maximum Gasteiger partial charge on any atom is 0.338 e. The Balaban J connectivity index is 2.10. The van der Waals surface area contributed by atoms with E-state index in [2.05, 4.69) is 24.4 Å². The summed E-state index contributed by atoms with van der Waals surface area (Å²) in [5.74, 6) is -0.292. The highest BCUT2D eigenvalue weighted by molar-refractivity contribution is 5.90. The molecule has 0 heterocycles. The third kappa shape index (κ3) is 3.92. The van der Waals surface area contributed by atoms with Crippen molar-refractivity contribution in [2.24, 2.45) is 0 Å². The van der Waals surface area contributed by atoms with Crippen molar-refractivity contribution >= 4 is 5.97 Å². The van der Waals surface area contributed by atoms with Crippen LogP contribution in [0.15, 0.2) is 54.6 Å². The van der Waals surface area contributed by atoms with Crippen LogP contribution in [0.2, 0.25) is 0 Å². The summed E-state index contributed by atoms with van der Waals surface area (Å²) in [6.45, 7) is 2.79. The number of hydrogen-bond acceptors (Lipinski definition) is 3. The Morgan fingerprint density at radius 3 is 2.43 bits per heavy atom. The van der Waals surface area contributed by atoms with E-state index < -0.39 is 0 Å². The molecule has 1 N–H and O–H groups in total. The number of carbonyl (C=O) groups excluding carboxylic acids is 1. The zero-order chi connectivity index (χ0) is 15.1. The molecule has 0 bridgehead atoms. The fourth-order valence-corrected chi connectivity index (χ4v) is 2.40. The summed E-state index contributed by atoms with van der Waals surface area (Å²) < 4.78 is 4.83. The number of methoxy groups -OCH3 is 1. The summed E-state index contributed by atoms with van der Waals surface area (Å²) in [5, 5.41) is 3.51. The van der Waals surface area contributed by atoms with E-state index in [1.165, 1.54) is 12.7 Å². The van der Waals surface area contributed by atoms with Gasteiger partial charge in [-0.15, -0.1) is 0 Å². The number of rotatable bonds is 6. The van der Waals surface area contributed by atoms with Gasteiger partial charge < -0.3 is 10.1 Å². The molecule has 0 fully saturated rings. The van der Waals surface area contributed by atoms with Crippen LogP contribution in [0, 0.1) is 0 Å². The van der Waals surface area contributed by atoms with E-state index in [1.807, 2.05) is 36.4 Å². The molecule has 0 radical (unpaired) electrons. The monoisotopic (exact) mass is 283 g/mol. The smallest absolute Gasteiger partial charge is 0.338 e. The lowest BCUT2D eigenvalue weighted by Gasteiger charge is -2.18. The molecular formula is C18H21NO2. The molecule has 2 aromatic carbocycles. The molecule has 0 amide bonds. The second-order valence-corrected chi connectivity index (χ2v) is 4.90. The first-order chi connectivity index (χ1) is 10.3. The van der Waals surface area contributed by atoms with Crippen molar-refractivity contribution in [2.45, 2.75) is 25.9 Å². The van der Waals surface area contributed by atoms with Gasteiger partial charge in [0.05, 0.1) is 12.7 Å². The van der Waals surface area contributed by atoms with Gasteiger partial charge in [-0.25, -0.2) is 4.79 Å². The van der Waals surface area contributed by atoms with Crippen molar-refractivity contribution in [3.63, 3.8) is 0 Å². The summed E-state index contributed by atoms with van der Waals surface area (Å²) in [7, 11) is 1.41. The van der Waals surface area contributed by atoms with Gasteiger partial charge in [0.15, 0.2) is 0 Å². The third-order valence-electron chi connectivity index (χ3n) is 3.57. The van der Waals surface area contributed by atoms with Gasteiger partial charge >= 0.3 is 5.97 Å². The number of benzene rings is 2. The minimum Gasteiger partial charge on any atom is -0.465 e. The lowest BCUT2D eigenvalue weighted by molar-refractivity contribution is 0.0599. The van der Waals surface area contributed by atoms with Crippen LogP contribution < -0.4 is 5.32 Å². The van der Waals surface area contributed by atoms with E-state index in [1.54, 1.807) is 6.07 Å². The van der Waals surface area contributed by atoms with Crippen molar-refractivity contribution in [3.05, 3.63) is 71.3 Å². The van der Waals surface area contributed by atoms with E-state index in [-0.39, 0.29) is 12.0 Å². The molecular weight excluding hydrogens is 262 g/mol. The Morgan fingerprint density at radius 2 is 1.76 bits per heavy atom. The highest BCUT2D eigenvalue weighted by atomic mass is 16.5. The Labute approximate surface area is 126 Å². The zero-order valence-electron chi connectivity index (χ0n) is 12.5. The largest absolute Gasteiger partial charge is 0.465 e. The standard InChI is InChI=1S/C18H21NO2/c1-3-17(14-9-5-4-6-10-14)19-13-15-11-7-8-12-16(15)18(20)21-2/h4-12,17,19H,3,13H2,1-2H3. The topological polar surface area (TPSA) is 38.3 Å². The third-order valence-corrected chi connectivity index (χ3v) is 3.57. The van der Waals surface area contributed by atoms with E-state index in [4.69, 9.17) is 4.74 Å². The molecule has 2 rings (SSSR count). The molecule has 0 saturated heterocycles. The van der Waals surface area contributed by atoms with Gasteiger partial charge in [-0.1, -0.05) is 55.5 Å². The first-order valence-corrected chi connectivity index (χ1v) is 7.20. The Kier molecular flexibility index (Phi) is 5.52. The molecule has 110 valence electrons. The predicted octanol–water partition coefficient (Wildman–Crippen LogP) is 3.71. The average molecular weight is 283 g/mol. The van der Waals surface area contributed by atoms with Crippen LogP contribution in [0.25, 0.3) is 0 Å². The molecule has 0 aliphatic heterocycles. The number of ether oxygens (including phenoxy) is 1.